The van der Waals surface area contributed by atoms with Gasteiger partial charge in [0.15, 0.2) is 0 Å². The standard InChI is InChI=1S/C15H17.2C3H5.Sc/c1-2-11-12-7-3-5-9-14(12)15-10-6-4-8-13(11)15;2*1-3-2;/h3,5,7-9,11H,2,4,6,10H2,1H3;2*3H,1-2H2;. The molecule has 0 amide bonds. The molecule has 2 unspecified atom stereocenters. The van der Waals surface area contributed by atoms with Crippen LogP contribution in [0.3, 0.4) is 0 Å². The maximum atomic E-state index is 4.04. The van der Waals surface area contributed by atoms with Crippen molar-refractivity contribution >= 4 is 5.57 Å². The summed E-state index contributed by atoms with van der Waals surface area (Å²) in [5.41, 5.74) is 6.76. The number of hydrogen-bond acceptors (Lipinski definition) is 0. The van der Waals surface area contributed by atoms with Gasteiger partial charge in [0.1, 0.15) is 0 Å². The number of hydrogen-bond donors (Lipinski definition) is 0. The molecular formula is C21H27Sc. The normalized spacial score (nSPS) is 23.0. The van der Waals surface area contributed by atoms with E-state index in [1.54, 1.807) is 16.7 Å². The predicted octanol–water partition coefficient (Wildman–Crippen LogP) is 6.75. The summed E-state index contributed by atoms with van der Waals surface area (Å²) in [6.45, 7) is 10.4. The van der Waals surface area contributed by atoms with Crippen LogP contribution in [-0.2, 0) is 21.4 Å². The van der Waals surface area contributed by atoms with E-state index in [0.29, 0.717) is 5.92 Å². The number of benzene rings is 1. The molecule has 0 bridgehead atoms. The van der Waals surface area contributed by atoms with Crippen LogP contribution < -0.4 is 0 Å². The van der Waals surface area contributed by atoms with Crippen molar-refractivity contribution in [2.24, 2.45) is 0 Å². The molecule has 0 fully saturated rings. The topological polar surface area (TPSA) is 0 Å². The third kappa shape index (κ3) is 2.77. The number of allylic oxidation sites excluding steroid dienone is 4. The summed E-state index contributed by atoms with van der Waals surface area (Å²) in [6, 6.07) is 9.19. The summed E-state index contributed by atoms with van der Waals surface area (Å²) in [5, 5.41) is 0. The van der Waals surface area contributed by atoms with Crippen molar-refractivity contribution in [1.29, 1.82) is 0 Å². The van der Waals surface area contributed by atoms with Gasteiger partial charge in [0.2, 0.25) is 0 Å². The van der Waals surface area contributed by atoms with Crippen molar-refractivity contribution in [1.82, 2.24) is 0 Å². The molecule has 1 aromatic rings. The zero-order chi connectivity index (χ0) is 15.5. The number of rotatable bonds is 6. The molecule has 22 heavy (non-hydrogen) atoms. The van der Waals surface area contributed by atoms with Crippen molar-refractivity contribution in [3.63, 3.8) is 0 Å². The molecule has 0 N–H and O–H groups in total. The Hall–Kier alpha value is -0.690. The van der Waals surface area contributed by atoms with Crippen LogP contribution in [0.25, 0.3) is 5.57 Å². The fourth-order valence-electron chi connectivity index (χ4n) is 4.81. The predicted molar refractivity (Wildman–Crippen MR) is 94.0 cm³/mol. The van der Waals surface area contributed by atoms with Crippen molar-refractivity contribution in [3.8, 4) is 0 Å². The van der Waals surface area contributed by atoms with Gasteiger partial charge in [0, 0.05) is 0 Å². The summed E-state index contributed by atoms with van der Waals surface area (Å²) in [6.07, 6.45) is 9.73. The second-order valence-corrected chi connectivity index (χ2v) is 11.9. The monoisotopic (exact) mass is 324 g/mol. The zero-order valence-corrected chi connectivity index (χ0v) is 15.7. The van der Waals surface area contributed by atoms with Crippen molar-refractivity contribution in [2.75, 3.05) is 0 Å². The Morgan fingerprint density at radius 1 is 1.18 bits per heavy atom. The van der Waals surface area contributed by atoms with Gasteiger partial charge in [0.25, 0.3) is 0 Å². The molecule has 0 spiro atoms. The first-order valence-electron chi connectivity index (χ1n) is 8.85. The van der Waals surface area contributed by atoms with Gasteiger partial charge in [-0.25, -0.2) is 0 Å². The third-order valence-electron chi connectivity index (χ3n) is 5.64. The first-order valence-corrected chi connectivity index (χ1v) is 12.4. The van der Waals surface area contributed by atoms with E-state index in [9.17, 15) is 0 Å². The molecule has 2 atom stereocenters. The van der Waals surface area contributed by atoms with Gasteiger partial charge >= 0.3 is 144 Å². The van der Waals surface area contributed by atoms with Crippen LogP contribution in [0.5, 0.6) is 0 Å². The molecule has 114 valence electrons. The molecule has 0 aliphatic heterocycles. The number of fused-ring (bicyclic) bond motifs is 2. The van der Waals surface area contributed by atoms with Crippen LogP contribution in [0.15, 0.2) is 55.1 Å². The van der Waals surface area contributed by atoms with E-state index in [1.807, 2.05) is 5.57 Å². The van der Waals surface area contributed by atoms with Crippen molar-refractivity contribution < 1.29 is 21.4 Å². The van der Waals surface area contributed by atoms with Gasteiger partial charge in [-0.05, 0) is 0 Å². The Labute approximate surface area is 143 Å². The molecule has 2 aliphatic carbocycles. The van der Waals surface area contributed by atoms with E-state index in [2.05, 4.69) is 56.5 Å². The van der Waals surface area contributed by atoms with E-state index < -0.39 is 21.4 Å². The fraction of sp³-hybridized carbons (Fsp3) is 0.429. The van der Waals surface area contributed by atoms with Gasteiger partial charge in [-0.15, -0.1) is 0 Å². The van der Waals surface area contributed by atoms with E-state index in [0.717, 1.165) is 3.67 Å². The van der Waals surface area contributed by atoms with E-state index in [-0.39, 0.29) is 0 Å². The second kappa shape index (κ2) is 7.25. The molecule has 0 heterocycles. The molecule has 1 aromatic carbocycles. The molecule has 3 rings (SSSR count). The third-order valence-corrected chi connectivity index (χ3v) is 11.4. The Kier molecular flexibility index (Phi) is 5.33. The molecule has 1 heteroatoms. The Balaban J connectivity index is 2.03. The van der Waals surface area contributed by atoms with Crippen LogP contribution in [0.4, 0.5) is 0 Å². The van der Waals surface area contributed by atoms with Gasteiger partial charge < -0.3 is 0 Å². The SMILES string of the molecule is C=C[CH2][Sc]([CH2]C=C)[CH]1CCCC2=C1C(CC)c1ccccc12. The fourth-order valence-corrected chi connectivity index (χ4v) is 10.0. The maximum absolute atomic E-state index is 4.04. The van der Waals surface area contributed by atoms with Gasteiger partial charge in [0.05, 0.1) is 0 Å². The molecule has 0 aromatic heterocycles. The van der Waals surface area contributed by atoms with E-state index >= 15 is 0 Å². The molecular weight excluding hydrogens is 297 g/mol. The first kappa shape index (κ1) is 16.2. The minimum atomic E-state index is -1.41. The van der Waals surface area contributed by atoms with Crippen LogP contribution >= 0.6 is 0 Å². The van der Waals surface area contributed by atoms with Crippen LogP contribution in [0.1, 0.15) is 49.7 Å². The average Bonchev–Trinajstić information content (AvgIpc) is 2.88. The molecule has 0 saturated carbocycles. The summed E-state index contributed by atoms with van der Waals surface area (Å²) in [4.78, 5) is 0. The Morgan fingerprint density at radius 2 is 1.91 bits per heavy atom. The summed E-state index contributed by atoms with van der Waals surface area (Å²) in [7, 11) is 0. The average molecular weight is 324 g/mol. The quantitative estimate of drug-likeness (QED) is 0.508. The Morgan fingerprint density at radius 3 is 2.59 bits per heavy atom. The van der Waals surface area contributed by atoms with Crippen molar-refractivity contribution in [3.05, 3.63) is 66.3 Å². The Bertz CT molecular complexity index is 586. The van der Waals surface area contributed by atoms with E-state index in [1.165, 1.54) is 34.0 Å². The first-order chi connectivity index (χ1) is 10.8. The second-order valence-electron chi connectivity index (χ2n) is 6.79. The molecule has 0 saturated heterocycles. The zero-order valence-electron chi connectivity index (χ0n) is 13.9. The van der Waals surface area contributed by atoms with E-state index in [4.69, 9.17) is 0 Å². The van der Waals surface area contributed by atoms with Gasteiger partial charge in [-0.2, -0.15) is 0 Å². The molecule has 0 radical (unpaired) electrons. The summed E-state index contributed by atoms with van der Waals surface area (Å²) < 4.78 is 3.50. The van der Waals surface area contributed by atoms with Crippen LogP contribution in [0.2, 0.25) is 12.0 Å². The minimum absolute atomic E-state index is 0.694. The van der Waals surface area contributed by atoms with Gasteiger partial charge in [-0.1, -0.05) is 0 Å². The summed E-state index contributed by atoms with van der Waals surface area (Å²) >= 11 is -1.41. The molecule has 2 aliphatic rings. The van der Waals surface area contributed by atoms with Crippen LogP contribution in [0, 0.1) is 0 Å². The van der Waals surface area contributed by atoms with Crippen LogP contribution in [-0.4, -0.2) is 0 Å². The van der Waals surface area contributed by atoms with Crippen molar-refractivity contribution in [2.45, 2.75) is 50.6 Å². The summed E-state index contributed by atoms with van der Waals surface area (Å²) in [5.74, 6) is 0.694. The molecule has 0 nitrogen and oxygen atoms in total. The van der Waals surface area contributed by atoms with Gasteiger partial charge in [-0.3, -0.25) is 0 Å².